The van der Waals surface area contributed by atoms with Crippen molar-refractivity contribution in [2.75, 3.05) is 13.7 Å². The Morgan fingerprint density at radius 2 is 1.97 bits per heavy atom. The summed E-state index contributed by atoms with van der Waals surface area (Å²) in [5.74, 6) is 0.0989. The van der Waals surface area contributed by atoms with Gasteiger partial charge in [-0.15, -0.1) is 0 Å². The number of nitrogens with zero attached hydrogens (tertiary/aromatic N) is 2. The molecule has 3 aromatic rings. The number of allylic oxidation sites excluding steroid dienone is 1. The highest BCUT2D eigenvalue weighted by Gasteiger charge is 2.33. The fourth-order valence-corrected chi connectivity index (χ4v) is 6.65. The number of phenols is 1. The highest BCUT2D eigenvalue weighted by molar-refractivity contribution is 9.11. The summed E-state index contributed by atoms with van der Waals surface area (Å²) in [4.78, 5) is 31.7. The number of halogens is 3. The van der Waals surface area contributed by atoms with Crippen LogP contribution in [0.2, 0.25) is 0 Å². The van der Waals surface area contributed by atoms with E-state index in [0.29, 0.717) is 40.9 Å². The van der Waals surface area contributed by atoms with Crippen LogP contribution in [-0.4, -0.2) is 29.4 Å². The van der Waals surface area contributed by atoms with Crippen LogP contribution in [0.5, 0.6) is 11.5 Å². The Morgan fingerprint density at radius 1 is 1.23 bits per heavy atom. The summed E-state index contributed by atoms with van der Waals surface area (Å²) in [7, 11) is 1.56. The van der Waals surface area contributed by atoms with E-state index in [-0.39, 0.29) is 23.5 Å². The van der Waals surface area contributed by atoms with Crippen LogP contribution in [0.15, 0.2) is 64.8 Å². The number of aromatic hydroxyl groups is 1. The number of esters is 1. The molecule has 0 bridgehead atoms. The van der Waals surface area contributed by atoms with Crippen molar-refractivity contribution >= 4 is 71.2 Å². The maximum absolute atomic E-state index is 13.7. The average Bonchev–Trinajstić information content (AvgIpc) is 3.10. The van der Waals surface area contributed by atoms with E-state index in [1.165, 1.54) is 15.9 Å². The molecule has 2 heterocycles. The monoisotopic (exact) mass is 684 g/mol. The van der Waals surface area contributed by atoms with Gasteiger partial charge in [0.1, 0.15) is 11.5 Å². The topological polar surface area (TPSA) is 90.1 Å². The molecule has 1 atom stereocenters. The molecule has 0 amide bonds. The van der Waals surface area contributed by atoms with E-state index in [1.807, 2.05) is 6.07 Å². The van der Waals surface area contributed by atoms with Crippen molar-refractivity contribution in [3.8, 4) is 11.5 Å². The van der Waals surface area contributed by atoms with Crippen molar-refractivity contribution in [1.29, 1.82) is 0 Å². The molecule has 35 heavy (non-hydrogen) atoms. The van der Waals surface area contributed by atoms with E-state index < -0.39 is 12.0 Å². The lowest BCUT2D eigenvalue weighted by atomic mass is 9.96. The van der Waals surface area contributed by atoms with Gasteiger partial charge in [-0.2, -0.15) is 0 Å². The van der Waals surface area contributed by atoms with Gasteiger partial charge >= 0.3 is 5.97 Å². The summed E-state index contributed by atoms with van der Waals surface area (Å²) < 4.78 is 14.4. The molecule has 7 nitrogen and oxygen atoms in total. The first-order valence-corrected chi connectivity index (χ1v) is 13.6. The summed E-state index contributed by atoms with van der Waals surface area (Å²) in [6, 6.07) is 8.06. The van der Waals surface area contributed by atoms with E-state index in [4.69, 9.17) is 9.47 Å². The third kappa shape index (κ3) is 4.91. The molecule has 0 unspecified atom stereocenters. The number of fused-ring (bicyclic) bond motifs is 1. The predicted octanol–water partition coefficient (Wildman–Crippen LogP) is 4.80. The zero-order valence-electron chi connectivity index (χ0n) is 18.8. The van der Waals surface area contributed by atoms with Gasteiger partial charge in [0.25, 0.3) is 5.56 Å². The molecule has 0 saturated carbocycles. The number of methoxy groups -OCH3 is 1. The van der Waals surface area contributed by atoms with Crippen molar-refractivity contribution in [3.63, 3.8) is 0 Å². The van der Waals surface area contributed by atoms with Crippen molar-refractivity contribution in [1.82, 2.24) is 4.57 Å². The summed E-state index contributed by atoms with van der Waals surface area (Å²) in [5.41, 5.74) is 1.57. The third-order valence-corrected chi connectivity index (χ3v) is 8.02. The maximum Gasteiger partial charge on any atom is 0.338 e. The van der Waals surface area contributed by atoms with Crippen LogP contribution in [0.4, 0.5) is 0 Å². The van der Waals surface area contributed by atoms with Crippen molar-refractivity contribution in [3.05, 3.63) is 85.8 Å². The van der Waals surface area contributed by atoms with E-state index in [2.05, 4.69) is 52.8 Å². The number of hydrogen-bond acceptors (Lipinski definition) is 7. The molecule has 1 N–H and O–H groups in total. The lowest BCUT2D eigenvalue weighted by molar-refractivity contribution is -0.139. The minimum atomic E-state index is -0.752. The van der Waals surface area contributed by atoms with Crippen LogP contribution >= 0.6 is 59.1 Å². The lowest BCUT2D eigenvalue weighted by Gasteiger charge is -2.25. The fourth-order valence-electron chi connectivity index (χ4n) is 3.80. The number of thiazole rings is 1. The number of ether oxygens (including phenoxy) is 2. The fraction of sp³-hybridized carbons (Fsp3) is 0.208. The zero-order chi connectivity index (χ0) is 25.4. The second-order valence-electron chi connectivity index (χ2n) is 7.52. The Balaban J connectivity index is 1.99. The number of benzene rings is 2. The average molecular weight is 687 g/mol. The molecule has 1 aliphatic rings. The molecule has 1 aromatic heterocycles. The summed E-state index contributed by atoms with van der Waals surface area (Å²) in [5, 5.41) is 10.5. The lowest BCUT2D eigenvalue weighted by Crippen LogP contribution is -2.40. The molecule has 0 fully saturated rings. The first-order valence-electron chi connectivity index (χ1n) is 10.4. The SMILES string of the molecule is CCOC(=O)C1=C(C)N=c2s/c(=C/c3cc(Br)cc(Br)c3O)c(=O)n2[C@H]1c1ccc(OC)c(Br)c1. The molecule has 0 aliphatic carbocycles. The van der Waals surface area contributed by atoms with Gasteiger partial charge in [-0.3, -0.25) is 9.36 Å². The number of carbonyl (C=O) groups is 1. The summed E-state index contributed by atoms with van der Waals surface area (Å²) in [6.07, 6.45) is 1.61. The van der Waals surface area contributed by atoms with E-state index in [9.17, 15) is 14.7 Å². The second-order valence-corrected chi connectivity index (χ2v) is 11.2. The Morgan fingerprint density at radius 3 is 2.63 bits per heavy atom. The van der Waals surface area contributed by atoms with E-state index in [0.717, 1.165) is 4.47 Å². The van der Waals surface area contributed by atoms with Gasteiger partial charge in [0.05, 0.1) is 44.5 Å². The highest BCUT2D eigenvalue weighted by atomic mass is 79.9. The second kappa shape index (κ2) is 10.4. The molecule has 4 rings (SSSR count). The minimum absolute atomic E-state index is 0.0121. The normalized spacial score (nSPS) is 15.6. The van der Waals surface area contributed by atoms with Gasteiger partial charge < -0.3 is 14.6 Å². The van der Waals surface area contributed by atoms with E-state index in [1.54, 1.807) is 51.3 Å². The largest absolute Gasteiger partial charge is 0.506 e. The van der Waals surface area contributed by atoms with E-state index >= 15 is 0 Å². The number of hydrogen-bond donors (Lipinski definition) is 1. The Hall–Kier alpha value is -2.21. The van der Waals surface area contributed by atoms with Gasteiger partial charge in [0.2, 0.25) is 0 Å². The number of rotatable bonds is 5. The van der Waals surface area contributed by atoms with Crippen molar-refractivity contribution < 1.29 is 19.4 Å². The molecule has 0 spiro atoms. The van der Waals surface area contributed by atoms with Crippen molar-refractivity contribution in [2.45, 2.75) is 19.9 Å². The predicted molar refractivity (Wildman–Crippen MR) is 145 cm³/mol. The third-order valence-electron chi connectivity index (χ3n) is 5.35. The molecule has 0 saturated heterocycles. The highest BCUT2D eigenvalue weighted by Crippen LogP contribution is 2.35. The molecule has 0 radical (unpaired) electrons. The van der Waals surface area contributed by atoms with Crippen LogP contribution in [0.25, 0.3) is 6.08 Å². The van der Waals surface area contributed by atoms with Crippen LogP contribution < -0.4 is 19.6 Å². The van der Waals surface area contributed by atoms with Crippen LogP contribution in [0, 0.1) is 0 Å². The summed E-state index contributed by atoms with van der Waals surface area (Å²) in [6.45, 7) is 3.65. The maximum atomic E-state index is 13.7. The summed E-state index contributed by atoms with van der Waals surface area (Å²) >= 11 is 11.4. The van der Waals surface area contributed by atoms with Crippen LogP contribution in [0.1, 0.15) is 31.0 Å². The van der Waals surface area contributed by atoms with Crippen LogP contribution in [0.3, 0.4) is 0 Å². The van der Waals surface area contributed by atoms with Gasteiger partial charge in [0, 0.05) is 10.0 Å². The van der Waals surface area contributed by atoms with Gasteiger partial charge in [-0.05, 0) is 81.6 Å². The number of aromatic nitrogens is 1. The molecule has 1 aliphatic heterocycles. The molecule has 182 valence electrons. The Kier molecular flexibility index (Phi) is 7.70. The molecular weight excluding hydrogens is 668 g/mol. The first kappa shape index (κ1) is 25.9. The van der Waals surface area contributed by atoms with Crippen molar-refractivity contribution in [2.24, 2.45) is 4.99 Å². The Labute approximate surface area is 229 Å². The number of carbonyl (C=O) groups excluding carboxylic acids is 1. The molecule has 11 heteroatoms. The zero-order valence-corrected chi connectivity index (χ0v) is 24.3. The van der Waals surface area contributed by atoms with Gasteiger partial charge in [-0.25, -0.2) is 9.79 Å². The number of phenolic OH excluding ortho intramolecular Hbond substituents is 1. The smallest absolute Gasteiger partial charge is 0.338 e. The minimum Gasteiger partial charge on any atom is -0.506 e. The quantitative estimate of drug-likeness (QED) is 0.390. The van der Waals surface area contributed by atoms with Gasteiger partial charge in [0.15, 0.2) is 4.80 Å². The Bertz CT molecular complexity index is 1560. The standard InChI is InChI=1S/C24H19Br3N2O5S/c1-4-34-23(32)19-11(2)28-24-29(20(19)12-5-6-17(33-3)15(26)8-12)22(31)18(35-24)9-13-7-14(25)10-16(27)21(13)30/h5-10,20,30H,4H2,1-3H3/b18-9+/t20-/m0/s1. The van der Waals surface area contributed by atoms with Gasteiger partial charge in [-0.1, -0.05) is 33.3 Å². The molecular formula is C24H19Br3N2O5S. The van der Waals surface area contributed by atoms with Crippen LogP contribution in [-0.2, 0) is 9.53 Å². The molecule has 2 aromatic carbocycles. The first-order chi connectivity index (χ1) is 16.7.